The third kappa shape index (κ3) is 8.44. The number of benzene rings is 1. The van der Waals surface area contributed by atoms with E-state index in [0.29, 0.717) is 19.1 Å². The molecule has 1 aromatic rings. The minimum Gasteiger partial charge on any atom is -0.493 e. The van der Waals surface area contributed by atoms with Gasteiger partial charge in [0.2, 0.25) is 0 Å². The number of hydrogen-bond acceptors (Lipinski definition) is 3. The molecule has 0 radical (unpaired) electrons. The Labute approximate surface area is 184 Å². The number of hydrogen-bond donors (Lipinski definition) is 1. The molecular weight excluding hydrogens is 368 g/mol. The van der Waals surface area contributed by atoms with E-state index in [0.717, 1.165) is 45.9 Å². The van der Waals surface area contributed by atoms with E-state index >= 15 is 0 Å². The van der Waals surface area contributed by atoms with Crippen molar-refractivity contribution < 1.29 is 4.74 Å². The topological polar surface area (TPSA) is 33.6 Å². The van der Waals surface area contributed by atoms with Gasteiger partial charge in [-0.2, -0.15) is 0 Å². The van der Waals surface area contributed by atoms with Crippen LogP contribution in [0, 0.1) is 11.3 Å². The predicted molar refractivity (Wildman–Crippen MR) is 134 cm³/mol. The Balaban J connectivity index is 2.97. The Bertz CT molecular complexity index is 822. The maximum absolute atomic E-state index is 6.03. The Morgan fingerprint density at radius 2 is 1.80 bits per heavy atom. The second kappa shape index (κ2) is 11.6. The molecule has 0 unspecified atom stereocenters. The zero-order valence-corrected chi connectivity index (χ0v) is 20.1. The maximum atomic E-state index is 6.03. The molecule has 1 atom stereocenters. The van der Waals surface area contributed by atoms with Crippen LogP contribution in [-0.4, -0.2) is 18.9 Å². The zero-order chi connectivity index (χ0) is 22.9. The number of allylic oxidation sites excluding steroid dienone is 1. The molecule has 1 N–H and O–H groups in total. The molecule has 0 saturated heterocycles. The number of rotatable bonds is 11. The summed E-state index contributed by atoms with van der Waals surface area (Å²) in [6.45, 7) is 28.4. The van der Waals surface area contributed by atoms with Crippen LogP contribution in [-0.2, 0) is 0 Å². The van der Waals surface area contributed by atoms with E-state index in [1.54, 1.807) is 0 Å². The molecule has 0 aliphatic heterocycles. The van der Waals surface area contributed by atoms with Crippen LogP contribution in [0.1, 0.15) is 66.0 Å². The van der Waals surface area contributed by atoms with Crippen molar-refractivity contribution >= 4 is 17.0 Å². The molecule has 0 spiro atoms. The van der Waals surface area contributed by atoms with Crippen molar-refractivity contribution in [3.05, 3.63) is 66.9 Å². The molecule has 30 heavy (non-hydrogen) atoms. The Kier molecular flexibility index (Phi) is 9.84. The van der Waals surface area contributed by atoms with Crippen LogP contribution in [0.3, 0.4) is 0 Å². The third-order valence-corrected chi connectivity index (χ3v) is 5.26. The Hall–Kier alpha value is -2.55. The van der Waals surface area contributed by atoms with Crippen LogP contribution in [0.2, 0.25) is 0 Å². The molecule has 0 aromatic heterocycles. The number of nitrogens with zero attached hydrogens (tertiary/aromatic N) is 1. The van der Waals surface area contributed by atoms with Gasteiger partial charge in [0.1, 0.15) is 5.75 Å². The molecule has 0 saturated carbocycles. The quantitative estimate of drug-likeness (QED) is 0.308. The summed E-state index contributed by atoms with van der Waals surface area (Å²) in [6.07, 6.45) is 4.79. The summed E-state index contributed by atoms with van der Waals surface area (Å²) in [5.41, 5.74) is 6.01. The maximum Gasteiger partial charge on any atom is 0.120 e. The van der Waals surface area contributed by atoms with Gasteiger partial charge in [0.25, 0.3) is 0 Å². The van der Waals surface area contributed by atoms with Crippen molar-refractivity contribution in [3.8, 4) is 5.75 Å². The van der Waals surface area contributed by atoms with E-state index in [1.807, 2.05) is 38.3 Å². The molecular formula is C27H40N2O. The van der Waals surface area contributed by atoms with Crippen LogP contribution in [0.25, 0.3) is 11.3 Å². The van der Waals surface area contributed by atoms with Crippen LogP contribution in [0.15, 0.2) is 60.8 Å². The first-order chi connectivity index (χ1) is 14.0. The summed E-state index contributed by atoms with van der Waals surface area (Å²) >= 11 is 0. The highest BCUT2D eigenvalue weighted by Crippen LogP contribution is 2.25. The molecule has 1 rings (SSSR count). The van der Waals surface area contributed by atoms with E-state index in [2.05, 4.69) is 70.7 Å². The van der Waals surface area contributed by atoms with E-state index in [1.165, 1.54) is 0 Å². The summed E-state index contributed by atoms with van der Waals surface area (Å²) in [7, 11) is 0. The molecule has 3 nitrogen and oxygen atoms in total. The van der Waals surface area contributed by atoms with E-state index in [4.69, 9.17) is 4.74 Å². The van der Waals surface area contributed by atoms with E-state index in [-0.39, 0.29) is 5.41 Å². The zero-order valence-electron chi connectivity index (χ0n) is 20.1. The first kappa shape index (κ1) is 25.5. The molecule has 0 heterocycles. The average molecular weight is 409 g/mol. The lowest BCUT2D eigenvalue weighted by molar-refractivity contribution is 0.256. The fraction of sp³-hybridized carbons (Fsp3) is 0.444. The third-order valence-electron chi connectivity index (χ3n) is 5.26. The van der Waals surface area contributed by atoms with Crippen LogP contribution in [0.5, 0.6) is 5.75 Å². The fourth-order valence-electron chi connectivity index (χ4n) is 2.31. The van der Waals surface area contributed by atoms with Crippen LogP contribution in [0.4, 0.5) is 0 Å². The molecule has 3 heteroatoms. The fourth-order valence-corrected chi connectivity index (χ4v) is 2.31. The highest BCUT2D eigenvalue weighted by molar-refractivity contribution is 5.87. The van der Waals surface area contributed by atoms with Gasteiger partial charge in [0.15, 0.2) is 0 Å². The lowest BCUT2D eigenvalue weighted by Gasteiger charge is -2.17. The SMILES string of the molecule is C=C/C(=C\N=C(C)C(C)(C)C)CNC(=C)c1cc(OC[C@H](C)CC)cc(C(=C)C)c1. The Morgan fingerprint density at radius 3 is 2.33 bits per heavy atom. The van der Waals surface area contributed by atoms with Crippen molar-refractivity contribution in [1.29, 1.82) is 0 Å². The second-order valence-corrected chi connectivity index (χ2v) is 9.06. The number of aliphatic imine (C=N–C) groups is 1. The second-order valence-electron chi connectivity index (χ2n) is 9.06. The van der Waals surface area contributed by atoms with Crippen LogP contribution < -0.4 is 10.1 Å². The van der Waals surface area contributed by atoms with Crippen molar-refractivity contribution in [3.63, 3.8) is 0 Å². The molecule has 0 bridgehead atoms. The van der Waals surface area contributed by atoms with Gasteiger partial charge in [-0.25, -0.2) is 0 Å². The standard InChI is InChI=1S/C27H40N2O/c1-11-20(5)18-30-26-14-24(19(3)4)13-25(15-26)21(6)28-16-23(12-2)17-29-22(7)27(8,9)10/h12-15,17,20,28H,2-3,6,11,16,18H2,1,4-5,7-10H3/b23-17+,29-22?/t20-/m1/s1. The first-order valence-corrected chi connectivity index (χ1v) is 10.7. The van der Waals surface area contributed by atoms with E-state index < -0.39 is 0 Å². The molecule has 0 fully saturated rings. The first-order valence-electron chi connectivity index (χ1n) is 10.7. The monoisotopic (exact) mass is 408 g/mol. The number of nitrogens with one attached hydrogen (secondary N) is 1. The highest BCUT2D eigenvalue weighted by atomic mass is 16.5. The predicted octanol–water partition coefficient (Wildman–Crippen LogP) is 7.28. The molecule has 0 aliphatic rings. The smallest absolute Gasteiger partial charge is 0.120 e. The summed E-state index contributed by atoms with van der Waals surface area (Å²) in [5, 5.41) is 3.39. The summed E-state index contributed by atoms with van der Waals surface area (Å²) in [5.74, 6) is 1.36. The van der Waals surface area contributed by atoms with Crippen molar-refractivity contribution in [1.82, 2.24) is 5.32 Å². The van der Waals surface area contributed by atoms with E-state index in [9.17, 15) is 0 Å². The van der Waals surface area contributed by atoms with Gasteiger partial charge >= 0.3 is 0 Å². The highest BCUT2D eigenvalue weighted by Gasteiger charge is 2.13. The van der Waals surface area contributed by atoms with Gasteiger partial charge in [-0.3, -0.25) is 4.99 Å². The largest absolute Gasteiger partial charge is 0.493 e. The normalized spacial score (nSPS) is 13.6. The summed E-state index contributed by atoms with van der Waals surface area (Å²) in [4.78, 5) is 4.60. The minimum absolute atomic E-state index is 0.0501. The molecule has 164 valence electrons. The molecule has 0 amide bonds. The Morgan fingerprint density at radius 1 is 1.17 bits per heavy atom. The molecule has 0 aliphatic carbocycles. The van der Waals surface area contributed by atoms with Gasteiger partial charge < -0.3 is 10.1 Å². The number of ether oxygens (including phenoxy) is 1. The van der Waals surface area contributed by atoms with Crippen LogP contribution >= 0.6 is 0 Å². The van der Waals surface area contributed by atoms with Crippen molar-refractivity contribution in [2.24, 2.45) is 16.3 Å². The molecule has 1 aromatic carbocycles. The van der Waals surface area contributed by atoms with Crippen molar-refractivity contribution in [2.75, 3.05) is 13.2 Å². The van der Waals surface area contributed by atoms with Gasteiger partial charge in [-0.15, -0.1) is 0 Å². The summed E-state index contributed by atoms with van der Waals surface area (Å²) in [6, 6.07) is 6.16. The lowest BCUT2D eigenvalue weighted by atomic mass is 9.91. The van der Waals surface area contributed by atoms with Gasteiger partial charge in [-0.1, -0.05) is 72.4 Å². The van der Waals surface area contributed by atoms with Gasteiger partial charge in [-0.05, 0) is 54.5 Å². The van der Waals surface area contributed by atoms with Crippen molar-refractivity contribution in [2.45, 2.75) is 54.9 Å². The summed E-state index contributed by atoms with van der Waals surface area (Å²) < 4.78 is 6.03. The van der Waals surface area contributed by atoms with Gasteiger partial charge in [0, 0.05) is 29.7 Å². The van der Waals surface area contributed by atoms with Gasteiger partial charge in [0.05, 0.1) is 6.61 Å². The lowest BCUT2D eigenvalue weighted by Crippen LogP contribution is -2.17. The average Bonchev–Trinajstić information content (AvgIpc) is 2.70. The minimum atomic E-state index is 0.0501.